The van der Waals surface area contributed by atoms with E-state index in [0.717, 1.165) is 0 Å². The minimum Gasteiger partial charge on any atom is -0.469 e. The maximum Gasteiger partial charge on any atom is 0.573 e. The van der Waals surface area contributed by atoms with Crippen molar-refractivity contribution >= 4 is 5.97 Å². The van der Waals surface area contributed by atoms with Crippen LogP contribution < -0.4 is 4.74 Å². The van der Waals surface area contributed by atoms with E-state index in [1.165, 1.54) is 32.2 Å². The molecule has 1 aromatic carbocycles. The number of carbonyl (C=O) groups excluding carboxylic acids is 1. The fraction of sp³-hybridized carbons (Fsp3) is 0.364. The van der Waals surface area contributed by atoms with E-state index < -0.39 is 12.3 Å². The Balaban J connectivity index is 2.83. The topological polar surface area (TPSA) is 35.5 Å². The van der Waals surface area contributed by atoms with Gasteiger partial charge in [0.2, 0.25) is 0 Å². The SMILES string of the molecule is COC(=O)Cc1ccc(OC(F)(F)F)c(C)c1. The molecule has 3 nitrogen and oxygen atoms in total. The van der Waals surface area contributed by atoms with Crippen LogP contribution in [0.4, 0.5) is 13.2 Å². The standard InChI is InChI=1S/C11H11F3O3/c1-7-5-8(6-10(15)16-2)3-4-9(7)17-11(12,13)14/h3-5H,6H2,1-2H3. The molecule has 0 unspecified atom stereocenters. The summed E-state index contributed by atoms with van der Waals surface area (Å²) in [4.78, 5) is 11.0. The highest BCUT2D eigenvalue weighted by Gasteiger charge is 2.31. The molecule has 0 saturated heterocycles. The molecule has 0 aromatic heterocycles. The average molecular weight is 248 g/mol. The van der Waals surface area contributed by atoms with Crippen LogP contribution in [0.5, 0.6) is 5.75 Å². The van der Waals surface area contributed by atoms with Crippen molar-refractivity contribution in [3.8, 4) is 5.75 Å². The van der Waals surface area contributed by atoms with Gasteiger partial charge in [-0.15, -0.1) is 13.2 Å². The van der Waals surface area contributed by atoms with Crippen molar-refractivity contribution in [1.29, 1.82) is 0 Å². The highest BCUT2D eigenvalue weighted by Crippen LogP contribution is 2.26. The first-order chi connectivity index (χ1) is 7.81. The van der Waals surface area contributed by atoms with Gasteiger partial charge in [0, 0.05) is 0 Å². The molecular weight excluding hydrogens is 237 g/mol. The first-order valence-electron chi connectivity index (χ1n) is 4.74. The van der Waals surface area contributed by atoms with Crippen molar-refractivity contribution in [2.75, 3.05) is 7.11 Å². The number of aryl methyl sites for hydroxylation is 1. The quantitative estimate of drug-likeness (QED) is 0.771. The average Bonchev–Trinajstić information content (AvgIpc) is 2.20. The number of hydrogen-bond acceptors (Lipinski definition) is 3. The van der Waals surface area contributed by atoms with Crippen LogP contribution in [0.2, 0.25) is 0 Å². The van der Waals surface area contributed by atoms with Crippen LogP contribution in [-0.4, -0.2) is 19.4 Å². The van der Waals surface area contributed by atoms with Crippen molar-refractivity contribution < 1.29 is 27.4 Å². The lowest BCUT2D eigenvalue weighted by Gasteiger charge is -2.12. The van der Waals surface area contributed by atoms with E-state index in [4.69, 9.17) is 0 Å². The van der Waals surface area contributed by atoms with Crippen molar-refractivity contribution in [3.63, 3.8) is 0 Å². The summed E-state index contributed by atoms with van der Waals surface area (Å²) in [5.74, 6) is -0.722. The van der Waals surface area contributed by atoms with Gasteiger partial charge in [0.1, 0.15) is 5.75 Å². The number of alkyl halides is 3. The Labute approximate surface area is 96.1 Å². The molecule has 0 amide bonds. The minimum atomic E-state index is -4.71. The van der Waals surface area contributed by atoms with E-state index in [0.29, 0.717) is 11.1 Å². The third-order valence-electron chi connectivity index (χ3n) is 2.04. The summed E-state index contributed by atoms with van der Waals surface area (Å²) in [6.07, 6.45) is -4.70. The Hall–Kier alpha value is -1.72. The summed E-state index contributed by atoms with van der Waals surface area (Å²) in [5, 5.41) is 0. The van der Waals surface area contributed by atoms with Gasteiger partial charge in [-0.3, -0.25) is 4.79 Å². The van der Waals surface area contributed by atoms with Gasteiger partial charge in [-0.25, -0.2) is 0 Å². The zero-order valence-electron chi connectivity index (χ0n) is 9.30. The number of esters is 1. The Morgan fingerprint density at radius 3 is 2.47 bits per heavy atom. The molecule has 0 bridgehead atoms. The van der Waals surface area contributed by atoms with Gasteiger partial charge < -0.3 is 9.47 Å². The number of halogens is 3. The molecular formula is C11H11F3O3. The van der Waals surface area contributed by atoms with E-state index in [-0.39, 0.29) is 12.2 Å². The predicted octanol–water partition coefficient (Wildman–Crippen LogP) is 2.61. The van der Waals surface area contributed by atoms with E-state index in [1.807, 2.05) is 0 Å². The lowest BCUT2D eigenvalue weighted by atomic mass is 10.1. The van der Waals surface area contributed by atoms with Gasteiger partial charge in [0.15, 0.2) is 0 Å². The molecule has 0 N–H and O–H groups in total. The molecule has 0 radical (unpaired) electrons. The largest absolute Gasteiger partial charge is 0.573 e. The number of carbonyl (C=O) groups is 1. The van der Waals surface area contributed by atoms with E-state index in [9.17, 15) is 18.0 Å². The van der Waals surface area contributed by atoms with Crippen LogP contribution >= 0.6 is 0 Å². The summed E-state index contributed by atoms with van der Waals surface area (Å²) in [5.41, 5.74) is 0.882. The lowest BCUT2D eigenvalue weighted by molar-refractivity contribution is -0.274. The van der Waals surface area contributed by atoms with Gasteiger partial charge in [-0.05, 0) is 24.1 Å². The fourth-order valence-corrected chi connectivity index (χ4v) is 1.30. The monoisotopic (exact) mass is 248 g/mol. The number of benzene rings is 1. The van der Waals surface area contributed by atoms with Crippen molar-refractivity contribution in [2.45, 2.75) is 19.7 Å². The van der Waals surface area contributed by atoms with Gasteiger partial charge in [-0.1, -0.05) is 12.1 Å². The summed E-state index contributed by atoms with van der Waals surface area (Å²) in [6, 6.07) is 4.03. The number of rotatable bonds is 3. The summed E-state index contributed by atoms with van der Waals surface area (Å²) < 4.78 is 44.2. The molecule has 1 rings (SSSR count). The second-order valence-corrected chi connectivity index (χ2v) is 3.40. The zero-order valence-corrected chi connectivity index (χ0v) is 9.30. The minimum absolute atomic E-state index is 0.0175. The van der Waals surface area contributed by atoms with E-state index >= 15 is 0 Å². The van der Waals surface area contributed by atoms with Crippen molar-refractivity contribution in [2.24, 2.45) is 0 Å². The van der Waals surface area contributed by atoms with Crippen molar-refractivity contribution in [3.05, 3.63) is 29.3 Å². The summed E-state index contributed by atoms with van der Waals surface area (Å²) in [7, 11) is 1.25. The van der Waals surface area contributed by atoms with Crippen LogP contribution in [0.25, 0.3) is 0 Å². The number of ether oxygens (including phenoxy) is 2. The smallest absolute Gasteiger partial charge is 0.469 e. The second kappa shape index (κ2) is 5.07. The third kappa shape index (κ3) is 4.34. The first-order valence-corrected chi connectivity index (χ1v) is 4.74. The lowest BCUT2D eigenvalue weighted by Crippen LogP contribution is -2.17. The van der Waals surface area contributed by atoms with Gasteiger partial charge in [0.25, 0.3) is 0 Å². The summed E-state index contributed by atoms with van der Waals surface area (Å²) >= 11 is 0. The van der Waals surface area contributed by atoms with Crippen molar-refractivity contribution in [1.82, 2.24) is 0 Å². The maximum atomic E-state index is 12.0. The third-order valence-corrected chi connectivity index (χ3v) is 2.04. The van der Waals surface area contributed by atoms with Crippen LogP contribution in [0.15, 0.2) is 18.2 Å². The molecule has 0 aliphatic rings. The molecule has 6 heteroatoms. The molecule has 0 atom stereocenters. The van der Waals surface area contributed by atoms with Crippen LogP contribution in [0.1, 0.15) is 11.1 Å². The zero-order chi connectivity index (χ0) is 13.1. The predicted molar refractivity (Wildman–Crippen MR) is 53.6 cm³/mol. The molecule has 0 aliphatic heterocycles. The highest BCUT2D eigenvalue weighted by molar-refractivity contribution is 5.72. The molecule has 0 saturated carbocycles. The molecule has 1 aromatic rings. The Morgan fingerprint density at radius 2 is 2.00 bits per heavy atom. The van der Waals surface area contributed by atoms with Crippen LogP contribution in [-0.2, 0) is 16.0 Å². The molecule has 17 heavy (non-hydrogen) atoms. The van der Waals surface area contributed by atoms with Gasteiger partial charge in [0.05, 0.1) is 13.5 Å². The first kappa shape index (κ1) is 13.3. The van der Waals surface area contributed by atoms with E-state index in [2.05, 4.69) is 9.47 Å². The normalized spacial score (nSPS) is 11.1. The van der Waals surface area contributed by atoms with Gasteiger partial charge >= 0.3 is 12.3 Å². The van der Waals surface area contributed by atoms with Crippen LogP contribution in [0.3, 0.4) is 0 Å². The Bertz CT molecular complexity index is 413. The molecule has 94 valence electrons. The fourth-order valence-electron chi connectivity index (χ4n) is 1.30. The van der Waals surface area contributed by atoms with Gasteiger partial charge in [-0.2, -0.15) is 0 Å². The highest BCUT2D eigenvalue weighted by atomic mass is 19.4. The molecule has 0 heterocycles. The number of hydrogen-bond donors (Lipinski definition) is 0. The summed E-state index contributed by atoms with van der Waals surface area (Å²) in [6.45, 7) is 1.47. The molecule has 0 fully saturated rings. The molecule has 0 spiro atoms. The molecule has 0 aliphatic carbocycles. The Kier molecular flexibility index (Phi) is 3.98. The van der Waals surface area contributed by atoms with Crippen LogP contribution in [0, 0.1) is 6.92 Å². The maximum absolute atomic E-state index is 12.0. The Morgan fingerprint density at radius 1 is 1.35 bits per heavy atom. The number of methoxy groups -OCH3 is 1. The van der Waals surface area contributed by atoms with E-state index in [1.54, 1.807) is 0 Å². The second-order valence-electron chi connectivity index (χ2n) is 3.40.